The molecule has 144 valence electrons. The fourth-order valence-electron chi connectivity index (χ4n) is 3.93. The van der Waals surface area contributed by atoms with E-state index in [1.165, 1.54) is 41.7 Å². The Morgan fingerprint density at radius 1 is 0.926 bits per heavy atom. The number of fused-ring (bicyclic) bond motifs is 1. The SMILES string of the molecule is C/C(=C/c1ccc(P(=O)(O)O)cc1)c1ccc2c(c1)C(C)(C)CCC2(C)C. The molecule has 0 fully saturated rings. The molecule has 1 aliphatic carbocycles. The number of rotatable bonds is 3. The molecule has 4 heteroatoms. The molecule has 0 bridgehead atoms. The Labute approximate surface area is 162 Å². The fraction of sp³-hybridized carbons (Fsp3) is 0.391. The maximum absolute atomic E-state index is 11.3. The number of allylic oxidation sites excluding steroid dienone is 1. The molecule has 0 radical (unpaired) electrons. The second kappa shape index (κ2) is 6.74. The third kappa shape index (κ3) is 4.11. The summed E-state index contributed by atoms with van der Waals surface area (Å²) in [5, 5.41) is 0.0510. The average molecular weight is 384 g/mol. The van der Waals surface area contributed by atoms with E-state index in [2.05, 4.69) is 58.9 Å². The van der Waals surface area contributed by atoms with Crippen molar-refractivity contribution >= 4 is 24.5 Å². The number of hydrogen-bond acceptors (Lipinski definition) is 1. The van der Waals surface area contributed by atoms with Gasteiger partial charge in [-0.15, -0.1) is 0 Å². The van der Waals surface area contributed by atoms with E-state index in [-0.39, 0.29) is 16.1 Å². The summed E-state index contributed by atoms with van der Waals surface area (Å²) in [4.78, 5) is 18.5. The highest BCUT2D eigenvalue weighted by Crippen LogP contribution is 2.46. The van der Waals surface area contributed by atoms with Crippen LogP contribution >= 0.6 is 7.60 Å². The minimum atomic E-state index is -4.19. The van der Waals surface area contributed by atoms with Crippen molar-refractivity contribution in [2.75, 3.05) is 0 Å². The van der Waals surface area contributed by atoms with Crippen molar-refractivity contribution in [3.8, 4) is 0 Å². The Balaban J connectivity index is 1.97. The summed E-state index contributed by atoms with van der Waals surface area (Å²) >= 11 is 0. The molecule has 2 aromatic carbocycles. The van der Waals surface area contributed by atoms with Crippen LogP contribution in [0.4, 0.5) is 0 Å². The monoisotopic (exact) mass is 384 g/mol. The van der Waals surface area contributed by atoms with Crippen LogP contribution in [0.15, 0.2) is 42.5 Å². The lowest BCUT2D eigenvalue weighted by Gasteiger charge is -2.42. The summed E-state index contributed by atoms with van der Waals surface area (Å²) < 4.78 is 11.3. The van der Waals surface area contributed by atoms with Crippen molar-refractivity contribution in [2.24, 2.45) is 0 Å². The van der Waals surface area contributed by atoms with Crippen LogP contribution in [0.3, 0.4) is 0 Å². The fourth-order valence-corrected chi connectivity index (χ4v) is 4.47. The molecule has 0 aromatic heterocycles. The Bertz CT molecular complexity index is 931. The minimum Gasteiger partial charge on any atom is -0.321 e. The van der Waals surface area contributed by atoms with Gasteiger partial charge in [0.15, 0.2) is 0 Å². The quantitative estimate of drug-likeness (QED) is 0.550. The van der Waals surface area contributed by atoms with E-state index < -0.39 is 7.60 Å². The molecule has 0 heterocycles. The Morgan fingerprint density at radius 2 is 1.48 bits per heavy atom. The van der Waals surface area contributed by atoms with Crippen molar-refractivity contribution in [1.29, 1.82) is 0 Å². The minimum absolute atomic E-state index is 0.0510. The number of benzene rings is 2. The molecular formula is C23H29O3P. The van der Waals surface area contributed by atoms with Crippen LogP contribution < -0.4 is 5.30 Å². The van der Waals surface area contributed by atoms with Gasteiger partial charge in [-0.3, -0.25) is 4.57 Å². The summed E-state index contributed by atoms with van der Waals surface area (Å²) in [6, 6.07) is 13.3. The van der Waals surface area contributed by atoms with Crippen molar-refractivity contribution in [3.05, 3.63) is 64.7 Å². The molecule has 0 spiro atoms. The first-order chi connectivity index (χ1) is 12.4. The van der Waals surface area contributed by atoms with Gasteiger partial charge >= 0.3 is 7.60 Å². The molecule has 3 nitrogen and oxygen atoms in total. The van der Waals surface area contributed by atoms with Crippen LogP contribution in [0.5, 0.6) is 0 Å². The maximum atomic E-state index is 11.3. The first-order valence-electron chi connectivity index (χ1n) is 9.40. The standard InChI is InChI=1S/C23H29O3P/c1-16(14-17-6-9-19(10-7-17)27(24,25)26)18-8-11-20-21(15-18)23(4,5)13-12-22(20,2)3/h6-11,14-15H,12-13H2,1-5H3,(H2,24,25,26)/b16-14-. The molecule has 27 heavy (non-hydrogen) atoms. The molecule has 1 aliphatic rings. The topological polar surface area (TPSA) is 57.5 Å². The van der Waals surface area contributed by atoms with Crippen molar-refractivity contribution in [1.82, 2.24) is 0 Å². The third-order valence-corrected chi connectivity index (χ3v) is 6.89. The highest BCUT2D eigenvalue weighted by atomic mass is 31.2. The van der Waals surface area contributed by atoms with Crippen LogP contribution in [0.25, 0.3) is 11.6 Å². The third-order valence-electron chi connectivity index (χ3n) is 5.92. The maximum Gasteiger partial charge on any atom is 0.356 e. The summed E-state index contributed by atoms with van der Waals surface area (Å²) in [5.74, 6) is 0. The van der Waals surface area contributed by atoms with E-state index in [0.29, 0.717) is 0 Å². The summed E-state index contributed by atoms with van der Waals surface area (Å²) in [6.45, 7) is 11.4. The van der Waals surface area contributed by atoms with E-state index >= 15 is 0 Å². The molecule has 0 amide bonds. The van der Waals surface area contributed by atoms with Gasteiger partial charge in [-0.2, -0.15) is 0 Å². The van der Waals surface area contributed by atoms with Gasteiger partial charge in [0.2, 0.25) is 0 Å². The molecule has 0 atom stereocenters. The first kappa shape index (κ1) is 20.1. The normalized spacial score (nSPS) is 18.9. The molecule has 2 aromatic rings. The highest BCUT2D eigenvalue weighted by Gasteiger charge is 2.36. The molecule has 3 rings (SSSR count). The summed E-state index contributed by atoms with van der Waals surface area (Å²) in [5.41, 5.74) is 6.52. The Hall–Kier alpha value is -1.67. The van der Waals surface area contributed by atoms with E-state index in [4.69, 9.17) is 0 Å². The zero-order valence-corrected chi connectivity index (χ0v) is 17.7. The van der Waals surface area contributed by atoms with Crippen molar-refractivity contribution in [2.45, 2.75) is 58.3 Å². The zero-order chi connectivity index (χ0) is 20.0. The van der Waals surface area contributed by atoms with Gasteiger partial charge in [0, 0.05) is 0 Å². The lowest BCUT2D eigenvalue weighted by atomic mass is 9.63. The van der Waals surface area contributed by atoms with E-state index in [9.17, 15) is 14.4 Å². The van der Waals surface area contributed by atoms with Crippen LogP contribution in [-0.4, -0.2) is 9.79 Å². The van der Waals surface area contributed by atoms with Crippen LogP contribution in [0, 0.1) is 0 Å². The van der Waals surface area contributed by atoms with Gasteiger partial charge in [0.1, 0.15) is 0 Å². The van der Waals surface area contributed by atoms with Crippen molar-refractivity contribution < 1.29 is 14.4 Å². The van der Waals surface area contributed by atoms with Gasteiger partial charge in [-0.25, -0.2) is 0 Å². The molecule has 0 aliphatic heterocycles. The molecule has 0 saturated heterocycles. The second-order valence-electron chi connectivity index (χ2n) is 8.99. The van der Waals surface area contributed by atoms with Gasteiger partial charge in [0.25, 0.3) is 0 Å². The van der Waals surface area contributed by atoms with Crippen LogP contribution in [0.1, 0.15) is 69.7 Å². The van der Waals surface area contributed by atoms with Gasteiger partial charge in [-0.1, -0.05) is 64.1 Å². The molecule has 0 saturated carbocycles. The largest absolute Gasteiger partial charge is 0.356 e. The van der Waals surface area contributed by atoms with Crippen molar-refractivity contribution in [3.63, 3.8) is 0 Å². The predicted molar refractivity (Wildman–Crippen MR) is 113 cm³/mol. The number of hydrogen-bond donors (Lipinski definition) is 2. The van der Waals surface area contributed by atoms with E-state index in [0.717, 1.165) is 11.1 Å². The Kier molecular flexibility index (Phi) is 5.01. The first-order valence-corrected chi connectivity index (χ1v) is 11.0. The van der Waals surface area contributed by atoms with Gasteiger partial charge < -0.3 is 9.79 Å². The van der Waals surface area contributed by atoms with Crippen LogP contribution in [-0.2, 0) is 15.4 Å². The average Bonchev–Trinajstić information content (AvgIpc) is 2.58. The molecule has 0 unspecified atom stereocenters. The van der Waals surface area contributed by atoms with E-state index in [1.807, 2.05) is 0 Å². The summed E-state index contributed by atoms with van der Waals surface area (Å²) in [7, 11) is -4.19. The molecular weight excluding hydrogens is 355 g/mol. The molecule has 2 N–H and O–H groups in total. The highest BCUT2D eigenvalue weighted by molar-refractivity contribution is 7.60. The lowest BCUT2D eigenvalue weighted by Crippen LogP contribution is -2.33. The predicted octanol–water partition coefficient (Wildman–Crippen LogP) is 5.40. The zero-order valence-electron chi connectivity index (χ0n) is 16.8. The summed E-state index contributed by atoms with van der Waals surface area (Å²) in [6.07, 6.45) is 4.45. The Morgan fingerprint density at radius 3 is 2.04 bits per heavy atom. The van der Waals surface area contributed by atoms with Gasteiger partial charge in [-0.05, 0) is 70.6 Å². The second-order valence-corrected chi connectivity index (χ2v) is 10.6. The lowest BCUT2D eigenvalue weighted by molar-refractivity contribution is 0.332. The van der Waals surface area contributed by atoms with Gasteiger partial charge in [0.05, 0.1) is 5.30 Å². The smallest absolute Gasteiger partial charge is 0.321 e. The van der Waals surface area contributed by atoms with E-state index in [1.54, 1.807) is 12.1 Å². The van der Waals surface area contributed by atoms with Crippen LogP contribution in [0.2, 0.25) is 0 Å².